The molecule has 1 aromatic heterocycles. The highest BCUT2D eigenvalue weighted by Crippen LogP contribution is 2.42. The molecule has 4 nitrogen and oxygen atoms in total. The van der Waals surface area contributed by atoms with Gasteiger partial charge in [-0.05, 0) is 54.7 Å². The van der Waals surface area contributed by atoms with Crippen LogP contribution in [0.3, 0.4) is 0 Å². The molecular formula is C25H31FN2O2S. The van der Waals surface area contributed by atoms with Crippen molar-refractivity contribution in [1.82, 2.24) is 5.32 Å². The third kappa shape index (κ3) is 4.74. The van der Waals surface area contributed by atoms with E-state index in [-0.39, 0.29) is 11.7 Å². The summed E-state index contributed by atoms with van der Waals surface area (Å²) in [5.41, 5.74) is 4.16. The standard InChI is InChI=1S/C25H31FN2O2S/c1-6-8-9-16(7-2)19-14-20-22(15-21(19)28(4)31-5)30-24(23(20)25(29)27-3)17-10-12-18(26)13-11-17/h10-16H,6-9H2,1-5H3,(H,27,29)/t16-/m0/s1. The van der Waals surface area contributed by atoms with Gasteiger partial charge in [-0.15, -0.1) is 0 Å². The van der Waals surface area contributed by atoms with Gasteiger partial charge in [0.25, 0.3) is 5.91 Å². The van der Waals surface area contributed by atoms with Crippen molar-refractivity contribution in [1.29, 1.82) is 0 Å². The van der Waals surface area contributed by atoms with Crippen molar-refractivity contribution in [3.8, 4) is 11.3 Å². The molecule has 0 fully saturated rings. The van der Waals surface area contributed by atoms with E-state index in [1.54, 1.807) is 31.1 Å². The van der Waals surface area contributed by atoms with Crippen LogP contribution in [0, 0.1) is 5.82 Å². The van der Waals surface area contributed by atoms with Crippen molar-refractivity contribution in [2.45, 2.75) is 45.4 Å². The van der Waals surface area contributed by atoms with Crippen molar-refractivity contribution >= 4 is 34.5 Å². The summed E-state index contributed by atoms with van der Waals surface area (Å²) in [5, 5.41) is 3.53. The predicted molar refractivity (Wildman–Crippen MR) is 129 cm³/mol. The topological polar surface area (TPSA) is 45.5 Å². The van der Waals surface area contributed by atoms with Crippen molar-refractivity contribution in [3.05, 3.63) is 53.3 Å². The number of carbonyl (C=O) groups is 1. The second-order valence-corrected chi connectivity index (χ2v) is 8.64. The van der Waals surface area contributed by atoms with Gasteiger partial charge in [0.1, 0.15) is 17.2 Å². The molecule has 0 spiro atoms. The zero-order chi connectivity index (χ0) is 22.5. The van der Waals surface area contributed by atoms with Crippen LogP contribution in [-0.4, -0.2) is 26.3 Å². The lowest BCUT2D eigenvalue weighted by Gasteiger charge is -2.24. The van der Waals surface area contributed by atoms with Gasteiger partial charge in [0.15, 0.2) is 0 Å². The fourth-order valence-corrected chi connectivity index (χ4v) is 4.39. The van der Waals surface area contributed by atoms with E-state index in [2.05, 4.69) is 29.5 Å². The van der Waals surface area contributed by atoms with Gasteiger partial charge in [-0.3, -0.25) is 4.79 Å². The largest absolute Gasteiger partial charge is 0.455 e. The van der Waals surface area contributed by atoms with Crippen LogP contribution in [-0.2, 0) is 0 Å². The molecule has 3 aromatic rings. The highest BCUT2D eigenvalue weighted by Gasteiger charge is 2.25. The third-order valence-corrected chi connectivity index (χ3v) is 6.59. The number of hydrogen-bond acceptors (Lipinski definition) is 4. The number of anilines is 1. The first-order valence-electron chi connectivity index (χ1n) is 10.8. The second-order valence-electron chi connectivity index (χ2n) is 7.73. The van der Waals surface area contributed by atoms with Gasteiger partial charge in [0.2, 0.25) is 0 Å². The molecule has 0 aliphatic rings. The molecule has 166 valence electrons. The van der Waals surface area contributed by atoms with Crippen molar-refractivity contribution < 1.29 is 13.6 Å². The summed E-state index contributed by atoms with van der Waals surface area (Å²) < 4.78 is 21.8. The van der Waals surface area contributed by atoms with Crippen molar-refractivity contribution in [2.75, 3.05) is 24.7 Å². The Balaban J connectivity index is 2.29. The molecule has 6 heteroatoms. The maximum atomic E-state index is 13.5. The Labute approximate surface area is 188 Å². The van der Waals surface area contributed by atoms with Crippen LogP contribution >= 0.6 is 11.9 Å². The molecule has 0 radical (unpaired) electrons. The average Bonchev–Trinajstić information content (AvgIpc) is 3.16. The third-order valence-electron chi connectivity index (χ3n) is 5.85. The number of unbranched alkanes of at least 4 members (excludes halogenated alkanes) is 1. The summed E-state index contributed by atoms with van der Waals surface area (Å²) >= 11 is 1.64. The Hall–Kier alpha value is -2.47. The van der Waals surface area contributed by atoms with Crippen LogP contribution in [0.15, 0.2) is 40.8 Å². The van der Waals surface area contributed by atoms with Gasteiger partial charge >= 0.3 is 0 Å². The first-order valence-corrected chi connectivity index (χ1v) is 12.0. The van der Waals surface area contributed by atoms with E-state index in [1.807, 2.05) is 19.4 Å². The maximum Gasteiger partial charge on any atom is 0.255 e. The number of fused-ring (bicyclic) bond motifs is 1. The first kappa shape index (κ1) is 23.2. The van der Waals surface area contributed by atoms with Crippen LogP contribution in [0.5, 0.6) is 0 Å². The summed E-state index contributed by atoms with van der Waals surface area (Å²) in [6, 6.07) is 10.2. The fraction of sp³-hybridized carbons (Fsp3) is 0.400. The van der Waals surface area contributed by atoms with E-state index >= 15 is 0 Å². The van der Waals surface area contributed by atoms with E-state index in [4.69, 9.17) is 4.42 Å². The molecule has 0 aliphatic heterocycles. The molecular weight excluding hydrogens is 411 g/mol. The minimum absolute atomic E-state index is 0.211. The molecule has 1 N–H and O–H groups in total. The highest BCUT2D eigenvalue weighted by molar-refractivity contribution is 7.99. The summed E-state index contributed by atoms with van der Waals surface area (Å²) in [5.74, 6) is 0.326. The lowest BCUT2D eigenvalue weighted by Crippen LogP contribution is -2.18. The zero-order valence-electron chi connectivity index (χ0n) is 18.9. The summed E-state index contributed by atoms with van der Waals surface area (Å²) in [4.78, 5) is 12.9. The Kier molecular flexibility index (Phi) is 7.65. The average molecular weight is 443 g/mol. The van der Waals surface area contributed by atoms with Gasteiger partial charge in [0.05, 0.1) is 11.3 Å². The van der Waals surface area contributed by atoms with Crippen LogP contribution < -0.4 is 9.62 Å². The van der Waals surface area contributed by atoms with Gasteiger partial charge in [-0.2, -0.15) is 0 Å². The maximum absolute atomic E-state index is 13.5. The van der Waals surface area contributed by atoms with Gasteiger partial charge in [-0.25, -0.2) is 4.39 Å². The normalized spacial score (nSPS) is 12.2. The van der Waals surface area contributed by atoms with Gasteiger partial charge in [-0.1, -0.05) is 38.6 Å². The van der Waals surface area contributed by atoms with Crippen molar-refractivity contribution in [2.24, 2.45) is 0 Å². The van der Waals surface area contributed by atoms with E-state index in [9.17, 15) is 9.18 Å². The highest BCUT2D eigenvalue weighted by atomic mass is 32.2. The van der Waals surface area contributed by atoms with E-state index in [1.165, 1.54) is 17.7 Å². The number of nitrogens with one attached hydrogen (secondary N) is 1. The van der Waals surface area contributed by atoms with Gasteiger partial charge in [0, 0.05) is 37.4 Å². The molecule has 1 atom stereocenters. The Morgan fingerprint density at radius 3 is 2.52 bits per heavy atom. The van der Waals surface area contributed by atoms with Gasteiger partial charge < -0.3 is 14.0 Å². The summed E-state index contributed by atoms with van der Waals surface area (Å²) in [7, 11) is 3.66. The molecule has 0 bridgehead atoms. The van der Waals surface area contributed by atoms with Crippen LogP contribution in [0.2, 0.25) is 0 Å². The Morgan fingerprint density at radius 2 is 1.94 bits per heavy atom. The smallest absolute Gasteiger partial charge is 0.255 e. The number of rotatable bonds is 9. The van der Waals surface area contributed by atoms with E-state index in [0.29, 0.717) is 28.4 Å². The SMILES string of the molecule is CCCC[C@H](CC)c1cc2c(C(=O)NC)c(-c3ccc(F)cc3)oc2cc1N(C)SC. The van der Waals surface area contributed by atoms with E-state index in [0.717, 1.165) is 36.8 Å². The number of benzene rings is 2. The number of nitrogens with zero attached hydrogens (tertiary/aromatic N) is 1. The molecule has 0 saturated heterocycles. The minimum atomic E-state index is -0.325. The molecule has 0 aliphatic carbocycles. The Morgan fingerprint density at radius 1 is 1.23 bits per heavy atom. The number of halogens is 1. The predicted octanol–water partition coefficient (Wildman–Crippen LogP) is 7.00. The zero-order valence-corrected chi connectivity index (χ0v) is 19.7. The Bertz CT molecular complexity index is 1050. The lowest BCUT2D eigenvalue weighted by atomic mass is 9.88. The van der Waals surface area contributed by atoms with Crippen LogP contribution in [0.1, 0.15) is 61.4 Å². The summed E-state index contributed by atoms with van der Waals surface area (Å²) in [6.07, 6.45) is 6.48. The molecule has 3 rings (SSSR count). The second kappa shape index (κ2) is 10.2. The molecule has 2 aromatic carbocycles. The number of furan rings is 1. The molecule has 1 amide bonds. The monoisotopic (exact) mass is 442 g/mol. The number of amides is 1. The lowest BCUT2D eigenvalue weighted by molar-refractivity contribution is 0.0964. The molecule has 1 heterocycles. The fourth-order valence-electron chi connectivity index (χ4n) is 4.03. The molecule has 0 unspecified atom stereocenters. The minimum Gasteiger partial charge on any atom is -0.455 e. The van der Waals surface area contributed by atoms with E-state index < -0.39 is 0 Å². The van der Waals surface area contributed by atoms with Crippen molar-refractivity contribution in [3.63, 3.8) is 0 Å². The first-order chi connectivity index (χ1) is 14.9. The number of carbonyl (C=O) groups excluding carboxylic acids is 1. The molecule has 0 saturated carbocycles. The summed E-state index contributed by atoms with van der Waals surface area (Å²) in [6.45, 7) is 4.42. The van der Waals surface area contributed by atoms with Crippen LogP contribution in [0.25, 0.3) is 22.3 Å². The quantitative estimate of drug-likeness (QED) is 0.363. The number of hydrogen-bond donors (Lipinski definition) is 1. The molecule has 31 heavy (non-hydrogen) atoms. The van der Waals surface area contributed by atoms with Crippen LogP contribution in [0.4, 0.5) is 10.1 Å².